The van der Waals surface area contributed by atoms with Gasteiger partial charge < -0.3 is 19.1 Å². The molecule has 2 heterocycles. The SMILES string of the molecule is CCOP(=O)(OCC)C(c1ccc(O)cc1)N1CCN(c2ccccn2)CC1. The Morgan fingerprint density at radius 3 is 2.21 bits per heavy atom. The van der Waals surface area contributed by atoms with E-state index in [1.165, 1.54) is 0 Å². The highest BCUT2D eigenvalue weighted by molar-refractivity contribution is 7.54. The lowest BCUT2D eigenvalue weighted by atomic mass is 10.2. The summed E-state index contributed by atoms with van der Waals surface area (Å²) in [4.78, 5) is 8.79. The quantitative estimate of drug-likeness (QED) is 0.668. The van der Waals surface area contributed by atoms with E-state index in [9.17, 15) is 9.67 Å². The Labute approximate surface area is 166 Å². The third kappa shape index (κ3) is 4.73. The molecule has 1 aromatic carbocycles. The van der Waals surface area contributed by atoms with Gasteiger partial charge >= 0.3 is 7.60 Å². The minimum Gasteiger partial charge on any atom is -0.508 e. The molecule has 1 aliphatic heterocycles. The summed E-state index contributed by atoms with van der Waals surface area (Å²) in [5.41, 5.74) is 0.814. The Hall–Kier alpha value is -1.92. The molecule has 0 saturated carbocycles. The molecule has 1 aromatic heterocycles. The fourth-order valence-corrected chi connectivity index (χ4v) is 5.76. The molecule has 0 bridgehead atoms. The third-order valence-corrected chi connectivity index (χ3v) is 7.20. The van der Waals surface area contributed by atoms with E-state index in [0.717, 1.165) is 24.5 Å². The number of nitrogens with zero attached hydrogens (tertiary/aromatic N) is 3. The number of aromatic hydroxyl groups is 1. The summed E-state index contributed by atoms with van der Waals surface area (Å²) in [7, 11) is -3.42. The molecule has 0 amide bonds. The zero-order valence-corrected chi connectivity index (χ0v) is 17.3. The fourth-order valence-electron chi connectivity index (χ4n) is 3.51. The second-order valence-corrected chi connectivity index (χ2v) is 8.64. The topological polar surface area (TPSA) is 75.1 Å². The normalized spacial score (nSPS) is 16.9. The van der Waals surface area contributed by atoms with E-state index in [-0.39, 0.29) is 5.75 Å². The Morgan fingerprint density at radius 2 is 1.68 bits per heavy atom. The number of phenols is 1. The van der Waals surface area contributed by atoms with Gasteiger partial charge in [-0.3, -0.25) is 9.46 Å². The van der Waals surface area contributed by atoms with Crippen LogP contribution in [0.1, 0.15) is 25.2 Å². The van der Waals surface area contributed by atoms with Gasteiger partial charge in [-0.1, -0.05) is 18.2 Å². The first-order valence-electron chi connectivity index (χ1n) is 9.65. The van der Waals surface area contributed by atoms with Crippen LogP contribution in [0.3, 0.4) is 0 Å². The Kier molecular flexibility index (Phi) is 7.08. The van der Waals surface area contributed by atoms with Gasteiger partial charge in [0.15, 0.2) is 0 Å². The van der Waals surface area contributed by atoms with Crippen LogP contribution in [0, 0.1) is 0 Å². The number of rotatable bonds is 8. The largest absolute Gasteiger partial charge is 0.508 e. The van der Waals surface area contributed by atoms with Crippen molar-refractivity contribution in [1.29, 1.82) is 0 Å². The number of phenolic OH excluding ortho intramolecular Hbond substituents is 1. The van der Waals surface area contributed by atoms with E-state index < -0.39 is 13.4 Å². The predicted molar refractivity (Wildman–Crippen MR) is 110 cm³/mol. The molecule has 1 N–H and O–H groups in total. The van der Waals surface area contributed by atoms with Crippen LogP contribution in [0.5, 0.6) is 5.75 Å². The molecule has 0 spiro atoms. The molecular weight excluding hydrogens is 377 g/mol. The highest BCUT2D eigenvalue weighted by atomic mass is 31.2. The number of aromatic nitrogens is 1. The van der Waals surface area contributed by atoms with Crippen LogP contribution in [0.4, 0.5) is 5.82 Å². The monoisotopic (exact) mass is 405 g/mol. The van der Waals surface area contributed by atoms with Crippen molar-refractivity contribution in [3.05, 3.63) is 54.2 Å². The standard InChI is InChI=1S/C20H28N3O4P/c1-3-26-28(25,27-4-2)20(17-8-10-18(24)11-9-17)23-15-13-22(14-16-23)19-7-5-6-12-21-19/h5-12,20,24H,3-4,13-16H2,1-2H3. The maximum atomic E-state index is 13.7. The van der Waals surface area contributed by atoms with Crippen LogP contribution in [-0.2, 0) is 13.6 Å². The molecule has 3 rings (SSSR count). The van der Waals surface area contributed by atoms with Crippen molar-refractivity contribution in [2.45, 2.75) is 19.6 Å². The molecule has 1 unspecified atom stereocenters. The minimum absolute atomic E-state index is 0.171. The van der Waals surface area contributed by atoms with Gasteiger partial charge in [-0.15, -0.1) is 0 Å². The third-order valence-electron chi connectivity index (χ3n) is 4.74. The van der Waals surface area contributed by atoms with Crippen molar-refractivity contribution in [1.82, 2.24) is 9.88 Å². The average Bonchev–Trinajstić information content (AvgIpc) is 2.71. The molecule has 1 aliphatic rings. The van der Waals surface area contributed by atoms with E-state index in [4.69, 9.17) is 9.05 Å². The lowest BCUT2D eigenvalue weighted by molar-refractivity contribution is 0.157. The minimum atomic E-state index is -3.42. The van der Waals surface area contributed by atoms with Crippen molar-refractivity contribution in [3.63, 3.8) is 0 Å². The van der Waals surface area contributed by atoms with Crippen molar-refractivity contribution in [2.75, 3.05) is 44.3 Å². The van der Waals surface area contributed by atoms with Crippen LogP contribution in [-0.4, -0.2) is 54.4 Å². The summed E-state index contributed by atoms with van der Waals surface area (Å²) in [6.45, 7) is 7.18. The molecule has 1 atom stereocenters. The molecule has 2 aromatic rings. The van der Waals surface area contributed by atoms with Crippen LogP contribution in [0.25, 0.3) is 0 Å². The van der Waals surface area contributed by atoms with E-state index in [0.29, 0.717) is 26.3 Å². The van der Waals surface area contributed by atoms with Crippen molar-refractivity contribution in [3.8, 4) is 5.75 Å². The number of hydrogen-bond acceptors (Lipinski definition) is 7. The maximum absolute atomic E-state index is 13.7. The maximum Gasteiger partial charge on any atom is 0.352 e. The number of anilines is 1. The van der Waals surface area contributed by atoms with Gasteiger partial charge in [0, 0.05) is 32.4 Å². The summed E-state index contributed by atoms with van der Waals surface area (Å²) in [5.74, 6) is 0.602. The smallest absolute Gasteiger partial charge is 0.352 e. The number of benzene rings is 1. The van der Waals surface area contributed by atoms with Crippen LogP contribution in [0.2, 0.25) is 0 Å². The van der Waals surface area contributed by atoms with E-state index in [1.807, 2.05) is 32.0 Å². The fraction of sp³-hybridized carbons (Fsp3) is 0.450. The highest BCUT2D eigenvalue weighted by Crippen LogP contribution is 2.62. The molecule has 8 heteroatoms. The molecule has 28 heavy (non-hydrogen) atoms. The van der Waals surface area contributed by atoms with Crippen LogP contribution < -0.4 is 4.90 Å². The summed E-state index contributed by atoms with van der Waals surface area (Å²) >= 11 is 0. The number of piperazine rings is 1. The van der Waals surface area contributed by atoms with Crippen LogP contribution >= 0.6 is 7.60 Å². The lowest BCUT2D eigenvalue weighted by Crippen LogP contribution is -2.48. The molecule has 0 aliphatic carbocycles. The van der Waals surface area contributed by atoms with Crippen LogP contribution in [0.15, 0.2) is 48.7 Å². The lowest BCUT2D eigenvalue weighted by Gasteiger charge is -2.41. The summed E-state index contributed by atoms with van der Waals surface area (Å²) in [6.07, 6.45) is 1.79. The zero-order valence-electron chi connectivity index (χ0n) is 16.4. The molecule has 7 nitrogen and oxygen atoms in total. The molecule has 1 fully saturated rings. The first-order chi connectivity index (χ1) is 13.6. The number of hydrogen-bond donors (Lipinski definition) is 1. The first kappa shape index (κ1) is 20.8. The van der Waals surface area contributed by atoms with Crippen molar-refractivity contribution >= 4 is 13.4 Å². The first-order valence-corrected chi connectivity index (χ1v) is 11.3. The van der Waals surface area contributed by atoms with Gasteiger partial charge in [-0.05, 0) is 43.7 Å². The van der Waals surface area contributed by atoms with Gasteiger partial charge in [-0.2, -0.15) is 0 Å². The van der Waals surface area contributed by atoms with E-state index >= 15 is 0 Å². The number of pyridine rings is 1. The van der Waals surface area contributed by atoms with Gasteiger partial charge in [-0.25, -0.2) is 4.98 Å². The summed E-state index contributed by atoms with van der Waals surface area (Å²) < 4.78 is 25.0. The van der Waals surface area contributed by atoms with Gasteiger partial charge in [0.2, 0.25) is 0 Å². The molecule has 152 valence electrons. The average molecular weight is 405 g/mol. The molecular formula is C20H28N3O4P. The Balaban J connectivity index is 1.85. The zero-order chi connectivity index (χ0) is 20.0. The Morgan fingerprint density at radius 1 is 1.04 bits per heavy atom. The van der Waals surface area contributed by atoms with Crippen molar-refractivity contribution in [2.24, 2.45) is 0 Å². The predicted octanol–water partition coefficient (Wildman–Crippen LogP) is 3.87. The highest BCUT2D eigenvalue weighted by Gasteiger charge is 2.42. The second kappa shape index (κ2) is 9.52. The molecule has 1 saturated heterocycles. The van der Waals surface area contributed by atoms with Gasteiger partial charge in [0.05, 0.1) is 13.2 Å². The molecule has 0 radical (unpaired) electrons. The summed E-state index contributed by atoms with van der Waals surface area (Å²) in [5, 5.41) is 9.66. The van der Waals surface area contributed by atoms with Gasteiger partial charge in [0.25, 0.3) is 0 Å². The van der Waals surface area contributed by atoms with E-state index in [1.54, 1.807) is 30.5 Å². The Bertz CT molecular complexity index is 770. The summed E-state index contributed by atoms with van der Waals surface area (Å²) in [6, 6.07) is 12.7. The van der Waals surface area contributed by atoms with Crippen molar-refractivity contribution < 1.29 is 18.7 Å². The second-order valence-electron chi connectivity index (χ2n) is 6.55. The van der Waals surface area contributed by atoms with E-state index in [2.05, 4.69) is 14.8 Å². The van der Waals surface area contributed by atoms with Gasteiger partial charge in [0.1, 0.15) is 17.4 Å².